The van der Waals surface area contributed by atoms with Crippen LogP contribution < -0.4 is 11.1 Å². The van der Waals surface area contributed by atoms with Gasteiger partial charge < -0.3 is 10.7 Å². The molecule has 0 radical (unpaired) electrons. The van der Waals surface area contributed by atoms with Gasteiger partial charge in [-0.1, -0.05) is 11.8 Å². The van der Waals surface area contributed by atoms with E-state index in [2.05, 4.69) is 20.3 Å². The summed E-state index contributed by atoms with van der Waals surface area (Å²) in [5.41, 5.74) is 5.92. The number of nitrogens with one attached hydrogen (secondary N) is 2. The fourth-order valence-electron chi connectivity index (χ4n) is 1.28. The Balaban J connectivity index is 1.85. The smallest absolute Gasteiger partial charge is 0.274 e. The molecular weight excluding hydrogens is 266 g/mol. The first-order valence-corrected chi connectivity index (χ1v) is 6.32. The Kier molecular flexibility index (Phi) is 4.14. The van der Waals surface area contributed by atoms with E-state index in [-0.39, 0.29) is 11.6 Å². The second-order valence-electron chi connectivity index (χ2n) is 3.50. The number of hydrogen-bond donors (Lipinski definition) is 3. The SMILES string of the molecule is Nc1nccnc1SCC(=O)NC(=O)c1ccc[nH]1. The zero-order chi connectivity index (χ0) is 13.7. The van der Waals surface area contributed by atoms with Crippen molar-refractivity contribution in [2.45, 2.75) is 5.03 Å². The molecular formula is C11H11N5O2S. The van der Waals surface area contributed by atoms with Crippen LogP contribution in [-0.2, 0) is 4.79 Å². The third-order valence-corrected chi connectivity index (χ3v) is 3.12. The predicted molar refractivity (Wildman–Crippen MR) is 70.4 cm³/mol. The number of hydrogen-bond acceptors (Lipinski definition) is 6. The summed E-state index contributed by atoms with van der Waals surface area (Å²) in [6.07, 6.45) is 4.56. The summed E-state index contributed by atoms with van der Waals surface area (Å²) in [6, 6.07) is 3.25. The van der Waals surface area contributed by atoms with Gasteiger partial charge in [-0.15, -0.1) is 0 Å². The van der Waals surface area contributed by atoms with Crippen LogP contribution in [0, 0.1) is 0 Å². The molecule has 0 bridgehead atoms. The molecule has 0 aliphatic rings. The van der Waals surface area contributed by atoms with E-state index < -0.39 is 11.8 Å². The average Bonchev–Trinajstić information content (AvgIpc) is 2.91. The predicted octanol–water partition coefficient (Wildman–Crippen LogP) is 0.436. The second-order valence-corrected chi connectivity index (χ2v) is 4.46. The third kappa shape index (κ3) is 3.55. The molecule has 0 saturated carbocycles. The molecule has 0 aliphatic heterocycles. The Morgan fingerprint density at radius 2 is 2.16 bits per heavy atom. The molecule has 0 aliphatic carbocycles. The summed E-state index contributed by atoms with van der Waals surface area (Å²) in [5.74, 6) is -0.594. The normalized spacial score (nSPS) is 10.1. The number of nitrogens with zero attached hydrogens (tertiary/aromatic N) is 2. The summed E-state index contributed by atoms with van der Waals surface area (Å²) in [6.45, 7) is 0. The summed E-state index contributed by atoms with van der Waals surface area (Å²) < 4.78 is 0. The molecule has 0 atom stereocenters. The molecule has 0 spiro atoms. The first kappa shape index (κ1) is 13.1. The van der Waals surface area contributed by atoms with Crippen LogP contribution in [0.5, 0.6) is 0 Å². The minimum Gasteiger partial charge on any atom is -0.381 e. The van der Waals surface area contributed by atoms with Crippen LogP contribution in [0.15, 0.2) is 35.7 Å². The lowest BCUT2D eigenvalue weighted by atomic mass is 10.4. The van der Waals surface area contributed by atoms with Crippen LogP contribution in [0.25, 0.3) is 0 Å². The van der Waals surface area contributed by atoms with E-state index in [4.69, 9.17) is 5.73 Å². The number of H-pyrrole nitrogens is 1. The minimum absolute atomic E-state index is 0.0370. The van der Waals surface area contributed by atoms with Crippen LogP contribution in [0.2, 0.25) is 0 Å². The van der Waals surface area contributed by atoms with Crippen molar-refractivity contribution in [1.82, 2.24) is 20.3 Å². The van der Waals surface area contributed by atoms with E-state index in [1.165, 1.54) is 12.4 Å². The molecule has 2 aromatic rings. The quantitative estimate of drug-likeness (QED) is 0.698. The molecule has 0 fully saturated rings. The van der Waals surface area contributed by atoms with Crippen molar-refractivity contribution in [3.05, 3.63) is 36.4 Å². The van der Waals surface area contributed by atoms with Crippen molar-refractivity contribution < 1.29 is 9.59 Å². The Morgan fingerprint density at radius 3 is 2.84 bits per heavy atom. The number of anilines is 1. The van der Waals surface area contributed by atoms with Gasteiger partial charge in [0.1, 0.15) is 10.7 Å². The van der Waals surface area contributed by atoms with Gasteiger partial charge in [-0.25, -0.2) is 9.97 Å². The van der Waals surface area contributed by atoms with E-state index in [0.29, 0.717) is 10.7 Å². The van der Waals surface area contributed by atoms with E-state index >= 15 is 0 Å². The van der Waals surface area contributed by atoms with Crippen molar-refractivity contribution in [2.24, 2.45) is 0 Å². The molecule has 0 unspecified atom stereocenters. The fourth-order valence-corrected chi connectivity index (χ4v) is 1.96. The summed E-state index contributed by atoms with van der Waals surface area (Å²) in [7, 11) is 0. The monoisotopic (exact) mass is 277 g/mol. The van der Waals surface area contributed by atoms with Crippen LogP contribution >= 0.6 is 11.8 Å². The molecule has 98 valence electrons. The number of amides is 2. The van der Waals surface area contributed by atoms with Gasteiger partial charge in [0.15, 0.2) is 5.82 Å². The topological polar surface area (TPSA) is 114 Å². The number of carbonyl (C=O) groups excluding carboxylic acids is 2. The Labute approximate surface area is 113 Å². The van der Waals surface area contributed by atoms with Crippen LogP contribution in [0.1, 0.15) is 10.5 Å². The number of aromatic nitrogens is 3. The fraction of sp³-hybridized carbons (Fsp3) is 0.0909. The Hall–Kier alpha value is -2.35. The highest BCUT2D eigenvalue weighted by Crippen LogP contribution is 2.18. The molecule has 7 nitrogen and oxygen atoms in total. The molecule has 19 heavy (non-hydrogen) atoms. The maximum atomic E-state index is 11.6. The first-order chi connectivity index (χ1) is 9.16. The zero-order valence-corrected chi connectivity index (χ0v) is 10.6. The first-order valence-electron chi connectivity index (χ1n) is 5.33. The summed E-state index contributed by atoms with van der Waals surface area (Å²) >= 11 is 1.12. The number of rotatable bonds is 4. The summed E-state index contributed by atoms with van der Waals surface area (Å²) in [4.78, 5) is 33.7. The Morgan fingerprint density at radius 1 is 1.37 bits per heavy atom. The van der Waals surface area contributed by atoms with Gasteiger partial charge in [0.2, 0.25) is 5.91 Å². The van der Waals surface area contributed by atoms with Crippen LogP contribution in [0.3, 0.4) is 0 Å². The lowest BCUT2D eigenvalue weighted by molar-refractivity contribution is -0.117. The number of aromatic amines is 1. The van der Waals surface area contributed by atoms with Crippen molar-refractivity contribution >= 4 is 29.4 Å². The van der Waals surface area contributed by atoms with Gasteiger partial charge in [0, 0.05) is 18.6 Å². The third-order valence-electron chi connectivity index (χ3n) is 2.13. The van der Waals surface area contributed by atoms with Crippen molar-refractivity contribution in [1.29, 1.82) is 0 Å². The van der Waals surface area contributed by atoms with Gasteiger partial charge in [0.05, 0.1) is 5.75 Å². The number of imide groups is 1. The zero-order valence-electron chi connectivity index (χ0n) is 9.79. The number of carbonyl (C=O) groups is 2. The van der Waals surface area contributed by atoms with Crippen LogP contribution in [0.4, 0.5) is 5.82 Å². The van der Waals surface area contributed by atoms with Crippen molar-refractivity contribution in [3.63, 3.8) is 0 Å². The van der Waals surface area contributed by atoms with Crippen LogP contribution in [-0.4, -0.2) is 32.5 Å². The second kappa shape index (κ2) is 6.01. The van der Waals surface area contributed by atoms with Gasteiger partial charge in [-0.3, -0.25) is 14.9 Å². The molecule has 2 amide bonds. The molecule has 2 heterocycles. The van der Waals surface area contributed by atoms with E-state index in [9.17, 15) is 9.59 Å². The van der Waals surface area contributed by atoms with Gasteiger partial charge in [-0.2, -0.15) is 0 Å². The van der Waals surface area contributed by atoms with Gasteiger partial charge >= 0.3 is 0 Å². The molecule has 4 N–H and O–H groups in total. The number of nitrogens with two attached hydrogens (primary N) is 1. The van der Waals surface area contributed by atoms with E-state index in [1.807, 2.05) is 0 Å². The molecule has 2 rings (SSSR count). The molecule has 2 aromatic heterocycles. The highest BCUT2D eigenvalue weighted by molar-refractivity contribution is 8.00. The van der Waals surface area contributed by atoms with Gasteiger partial charge in [-0.05, 0) is 12.1 Å². The van der Waals surface area contributed by atoms with Crippen molar-refractivity contribution in [3.8, 4) is 0 Å². The van der Waals surface area contributed by atoms with Gasteiger partial charge in [0.25, 0.3) is 5.91 Å². The summed E-state index contributed by atoms with van der Waals surface area (Å²) in [5, 5.41) is 2.72. The lowest BCUT2D eigenvalue weighted by Gasteiger charge is -2.03. The lowest BCUT2D eigenvalue weighted by Crippen LogP contribution is -2.32. The van der Waals surface area contributed by atoms with Crippen molar-refractivity contribution in [2.75, 3.05) is 11.5 Å². The number of thioether (sulfide) groups is 1. The number of nitrogen functional groups attached to an aromatic ring is 1. The van der Waals surface area contributed by atoms with E-state index in [0.717, 1.165) is 11.8 Å². The Bertz CT molecular complexity index is 585. The average molecular weight is 277 g/mol. The van der Waals surface area contributed by atoms with E-state index in [1.54, 1.807) is 18.3 Å². The maximum absolute atomic E-state index is 11.6. The largest absolute Gasteiger partial charge is 0.381 e. The minimum atomic E-state index is -0.470. The molecule has 0 saturated heterocycles. The highest BCUT2D eigenvalue weighted by atomic mass is 32.2. The molecule has 8 heteroatoms. The maximum Gasteiger partial charge on any atom is 0.274 e. The molecule has 0 aromatic carbocycles. The standard InChI is InChI=1S/C11H11N5O2S/c12-9-11(15-5-4-14-9)19-6-8(17)16-10(18)7-2-1-3-13-7/h1-5,13H,6H2,(H2,12,14)(H,16,17,18). The highest BCUT2D eigenvalue weighted by Gasteiger charge is 2.12.